The zero-order chi connectivity index (χ0) is 15.0. The molecule has 2 aromatic carbocycles. The van der Waals surface area contributed by atoms with Crippen molar-refractivity contribution in [3.05, 3.63) is 53.4 Å². The molecular weight excluding hydrogens is 408 g/mol. The van der Waals surface area contributed by atoms with E-state index in [1.807, 2.05) is 0 Å². The van der Waals surface area contributed by atoms with E-state index < -0.39 is 0 Å². The minimum atomic E-state index is 0.0390. The molecule has 0 heterocycles. The molecule has 0 aromatic heterocycles. The van der Waals surface area contributed by atoms with Crippen LogP contribution in [0.1, 0.15) is 0 Å². The molecule has 8 heteroatoms. The Kier molecular flexibility index (Phi) is 5.47. The molecule has 1 nitrogen and oxygen atoms in total. The number of rotatable bonds is 2. The molecular formula is C12H3Cl7O. The van der Waals surface area contributed by atoms with E-state index in [0.717, 1.165) is 0 Å². The summed E-state index contributed by atoms with van der Waals surface area (Å²) in [5.74, 6) is 0.367. The Morgan fingerprint density at radius 2 is 1.15 bits per heavy atom. The quantitative estimate of drug-likeness (QED) is 0.359. The van der Waals surface area contributed by atoms with Crippen LogP contribution in [0.25, 0.3) is 0 Å². The number of ether oxygens (including phenoxy) is 1. The number of hydrogen-bond acceptors (Lipinski definition) is 1. The van der Waals surface area contributed by atoms with Crippen LogP contribution < -0.4 is 4.74 Å². The molecule has 0 spiro atoms. The molecule has 0 amide bonds. The summed E-state index contributed by atoms with van der Waals surface area (Å²) in [4.78, 5) is 0. The van der Waals surface area contributed by atoms with Crippen LogP contribution in [0.15, 0.2) is 18.2 Å². The van der Waals surface area contributed by atoms with Gasteiger partial charge in [0, 0.05) is 5.02 Å². The smallest absolute Gasteiger partial charge is 0.167 e. The molecule has 0 N–H and O–H groups in total. The van der Waals surface area contributed by atoms with Gasteiger partial charge in [0.1, 0.15) is 15.8 Å². The predicted molar refractivity (Wildman–Crippen MR) is 88.0 cm³/mol. The van der Waals surface area contributed by atoms with Crippen molar-refractivity contribution in [3.63, 3.8) is 0 Å². The molecule has 2 aromatic rings. The van der Waals surface area contributed by atoms with Gasteiger partial charge in [0.2, 0.25) is 0 Å². The normalized spacial score (nSPS) is 10.8. The van der Waals surface area contributed by atoms with Crippen LogP contribution >= 0.6 is 81.2 Å². The second-order valence-corrected chi connectivity index (χ2v) is 6.31. The summed E-state index contributed by atoms with van der Waals surface area (Å²) in [5.41, 5.74) is 0. The lowest BCUT2D eigenvalue weighted by molar-refractivity contribution is 0.483. The van der Waals surface area contributed by atoms with Crippen molar-refractivity contribution in [1.29, 1.82) is 0 Å². The maximum atomic E-state index is 6.06. The minimum absolute atomic E-state index is 0.0390. The molecule has 106 valence electrons. The van der Waals surface area contributed by atoms with Gasteiger partial charge >= 0.3 is 0 Å². The van der Waals surface area contributed by atoms with Crippen LogP contribution in [-0.4, -0.2) is 0 Å². The highest BCUT2D eigenvalue weighted by molar-refractivity contribution is 6.55. The highest BCUT2D eigenvalue weighted by Crippen LogP contribution is 2.50. The molecule has 0 saturated heterocycles. The first-order valence-corrected chi connectivity index (χ1v) is 7.61. The van der Waals surface area contributed by atoms with E-state index in [4.69, 9.17) is 85.9 Å². The molecule has 0 saturated carbocycles. The molecule has 0 bridgehead atoms. The predicted octanol–water partition coefficient (Wildman–Crippen LogP) is 8.05. The van der Waals surface area contributed by atoms with Crippen molar-refractivity contribution in [1.82, 2.24) is 0 Å². The van der Waals surface area contributed by atoms with E-state index in [0.29, 0.717) is 10.8 Å². The van der Waals surface area contributed by atoms with E-state index >= 15 is 0 Å². The van der Waals surface area contributed by atoms with Crippen LogP contribution in [0.5, 0.6) is 11.5 Å². The third kappa shape index (κ3) is 3.20. The summed E-state index contributed by atoms with van der Waals surface area (Å²) in [6.07, 6.45) is 0. The maximum absolute atomic E-state index is 6.06. The largest absolute Gasteiger partial charge is 0.453 e. The Morgan fingerprint density at radius 3 is 1.65 bits per heavy atom. The lowest BCUT2D eigenvalue weighted by Crippen LogP contribution is -1.90. The van der Waals surface area contributed by atoms with E-state index in [-0.39, 0.29) is 35.9 Å². The SMILES string of the molecule is Clc1ccc(Oc2c(Cl)c(Cl)c(Cl)c(Cl)c2Cl)c(Cl)c1. The Morgan fingerprint density at radius 1 is 0.650 bits per heavy atom. The Labute approximate surface area is 150 Å². The molecule has 0 radical (unpaired) electrons. The van der Waals surface area contributed by atoms with Crippen LogP contribution in [-0.2, 0) is 0 Å². The summed E-state index contributed by atoms with van der Waals surface area (Å²) >= 11 is 41.7. The fourth-order valence-corrected chi connectivity index (χ4v) is 2.99. The zero-order valence-corrected chi connectivity index (χ0v) is 14.6. The van der Waals surface area contributed by atoms with Gasteiger partial charge in [0.05, 0.1) is 20.1 Å². The number of benzene rings is 2. The molecule has 0 unspecified atom stereocenters. The van der Waals surface area contributed by atoms with Gasteiger partial charge in [-0.25, -0.2) is 0 Å². The summed E-state index contributed by atoms with van der Waals surface area (Å²) in [7, 11) is 0. The van der Waals surface area contributed by atoms with Gasteiger partial charge in [0.25, 0.3) is 0 Å². The molecule has 0 atom stereocenters. The first-order chi connectivity index (χ1) is 9.32. The van der Waals surface area contributed by atoms with Crippen molar-refractivity contribution < 1.29 is 4.74 Å². The summed E-state index contributed by atoms with van der Waals surface area (Å²) in [6, 6.07) is 4.68. The topological polar surface area (TPSA) is 9.23 Å². The lowest BCUT2D eigenvalue weighted by atomic mass is 10.3. The van der Waals surface area contributed by atoms with Crippen molar-refractivity contribution in [2.45, 2.75) is 0 Å². The van der Waals surface area contributed by atoms with Crippen molar-refractivity contribution in [3.8, 4) is 11.5 Å². The average molecular weight is 411 g/mol. The van der Waals surface area contributed by atoms with Gasteiger partial charge in [0.15, 0.2) is 5.75 Å². The monoisotopic (exact) mass is 408 g/mol. The average Bonchev–Trinajstić information content (AvgIpc) is 2.41. The van der Waals surface area contributed by atoms with Gasteiger partial charge in [-0.05, 0) is 18.2 Å². The second-order valence-electron chi connectivity index (χ2n) is 3.58. The maximum Gasteiger partial charge on any atom is 0.167 e. The third-order valence-electron chi connectivity index (χ3n) is 2.28. The van der Waals surface area contributed by atoms with E-state index in [2.05, 4.69) is 0 Å². The Hall–Kier alpha value is 0.270. The zero-order valence-electron chi connectivity index (χ0n) is 9.29. The summed E-state index contributed by atoms with van der Waals surface area (Å²) in [5, 5.41) is 0.969. The Bertz CT molecular complexity index is 655. The van der Waals surface area contributed by atoms with Crippen molar-refractivity contribution >= 4 is 81.2 Å². The van der Waals surface area contributed by atoms with Gasteiger partial charge in [-0.3, -0.25) is 0 Å². The molecule has 0 fully saturated rings. The van der Waals surface area contributed by atoms with Crippen LogP contribution in [0.2, 0.25) is 35.2 Å². The van der Waals surface area contributed by atoms with Gasteiger partial charge in [-0.15, -0.1) is 0 Å². The lowest BCUT2D eigenvalue weighted by Gasteiger charge is -2.14. The highest BCUT2D eigenvalue weighted by Gasteiger charge is 2.21. The van der Waals surface area contributed by atoms with Gasteiger partial charge in [-0.2, -0.15) is 0 Å². The molecule has 2 rings (SSSR count). The van der Waals surface area contributed by atoms with Gasteiger partial charge < -0.3 is 4.74 Å². The van der Waals surface area contributed by atoms with Crippen LogP contribution in [0.4, 0.5) is 0 Å². The third-order valence-corrected chi connectivity index (χ3v) is 5.05. The fourth-order valence-electron chi connectivity index (χ4n) is 1.34. The summed E-state index contributed by atoms with van der Waals surface area (Å²) in [6.45, 7) is 0. The number of hydrogen-bond donors (Lipinski definition) is 0. The molecule has 0 aliphatic carbocycles. The molecule has 20 heavy (non-hydrogen) atoms. The molecule has 0 aliphatic rings. The Balaban J connectivity index is 2.54. The van der Waals surface area contributed by atoms with E-state index in [1.165, 1.54) is 6.07 Å². The molecule has 0 aliphatic heterocycles. The first-order valence-electron chi connectivity index (χ1n) is 4.97. The summed E-state index contributed by atoms with van der Waals surface area (Å²) < 4.78 is 5.56. The van der Waals surface area contributed by atoms with Crippen LogP contribution in [0, 0.1) is 0 Å². The van der Waals surface area contributed by atoms with E-state index in [9.17, 15) is 0 Å². The van der Waals surface area contributed by atoms with Gasteiger partial charge in [-0.1, -0.05) is 81.2 Å². The van der Waals surface area contributed by atoms with Crippen molar-refractivity contribution in [2.24, 2.45) is 0 Å². The standard InChI is InChI=1S/C12H3Cl7O/c13-4-1-2-6(5(14)3-4)20-12-10(18)8(16)7(15)9(17)11(12)19/h1-3H. The second kappa shape index (κ2) is 6.58. The number of halogens is 7. The first kappa shape index (κ1) is 16.6. The fraction of sp³-hybridized carbons (Fsp3) is 0. The van der Waals surface area contributed by atoms with Crippen molar-refractivity contribution in [2.75, 3.05) is 0 Å². The van der Waals surface area contributed by atoms with E-state index in [1.54, 1.807) is 12.1 Å². The van der Waals surface area contributed by atoms with Crippen LogP contribution in [0.3, 0.4) is 0 Å². The minimum Gasteiger partial charge on any atom is -0.453 e. The highest BCUT2D eigenvalue weighted by atomic mass is 35.5.